The van der Waals surface area contributed by atoms with Crippen molar-refractivity contribution in [1.82, 2.24) is 20.2 Å². The maximum Gasteiger partial charge on any atom is 0.270 e. The van der Waals surface area contributed by atoms with Crippen LogP contribution in [0.15, 0.2) is 12.4 Å². The van der Waals surface area contributed by atoms with Gasteiger partial charge in [0, 0.05) is 25.7 Å². The van der Waals surface area contributed by atoms with Crippen LogP contribution in [0, 0.1) is 0 Å². The van der Waals surface area contributed by atoms with Crippen LogP contribution in [-0.4, -0.2) is 61.0 Å². The zero-order valence-electron chi connectivity index (χ0n) is 12.9. The Morgan fingerprint density at radius 2 is 1.95 bits per heavy atom. The summed E-state index contributed by atoms with van der Waals surface area (Å²) in [6.45, 7) is 7.45. The van der Waals surface area contributed by atoms with Crippen molar-refractivity contribution < 1.29 is 4.79 Å². The molecule has 0 aliphatic heterocycles. The summed E-state index contributed by atoms with van der Waals surface area (Å²) in [5, 5.41) is 2.88. The average Bonchev–Trinajstić information content (AvgIpc) is 2.45. The van der Waals surface area contributed by atoms with Crippen LogP contribution in [0.2, 0.25) is 0 Å². The van der Waals surface area contributed by atoms with Crippen LogP contribution in [0.1, 0.15) is 30.8 Å². The Bertz CT molecular complexity index is 418. The molecule has 1 heterocycles. The molecule has 6 nitrogen and oxygen atoms in total. The highest BCUT2D eigenvalue weighted by Gasteiger charge is 2.10. The van der Waals surface area contributed by atoms with Crippen molar-refractivity contribution in [2.45, 2.75) is 20.3 Å². The highest BCUT2D eigenvalue weighted by molar-refractivity contribution is 5.92. The summed E-state index contributed by atoms with van der Waals surface area (Å²) in [4.78, 5) is 24.4. The SMILES string of the molecule is CCN(CC)c1cc(C(=O)NCCCN(C)C)ncn1. The quantitative estimate of drug-likeness (QED) is 0.720. The molecule has 1 aromatic rings. The van der Waals surface area contributed by atoms with Crippen molar-refractivity contribution in [3.8, 4) is 0 Å². The van der Waals surface area contributed by atoms with Gasteiger partial charge in [-0.2, -0.15) is 0 Å². The number of nitrogens with zero attached hydrogens (tertiary/aromatic N) is 4. The lowest BCUT2D eigenvalue weighted by Crippen LogP contribution is -2.29. The van der Waals surface area contributed by atoms with Crippen LogP contribution in [0.3, 0.4) is 0 Å². The molecule has 6 heteroatoms. The van der Waals surface area contributed by atoms with Crippen molar-refractivity contribution in [2.75, 3.05) is 45.2 Å². The predicted molar refractivity (Wildman–Crippen MR) is 81.1 cm³/mol. The van der Waals surface area contributed by atoms with E-state index in [2.05, 4.69) is 38.9 Å². The molecule has 0 radical (unpaired) electrons. The minimum atomic E-state index is -0.139. The molecule has 0 aliphatic carbocycles. The summed E-state index contributed by atoms with van der Waals surface area (Å²) in [7, 11) is 4.03. The van der Waals surface area contributed by atoms with Crippen molar-refractivity contribution in [2.24, 2.45) is 0 Å². The fraction of sp³-hybridized carbons (Fsp3) is 0.643. The molecule has 112 valence electrons. The molecule has 0 fully saturated rings. The molecule has 1 aromatic heterocycles. The fourth-order valence-corrected chi connectivity index (χ4v) is 1.88. The van der Waals surface area contributed by atoms with Crippen LogP contribution >= 0.6 is 0 Å². The van der Waals surface area contributed by atoms with Crippen molar-refractivity contribution in [3.05, 3.63) is 18.1 Å². The molecule has 0 aromatic carbocycles. The summed E-state index contributed by atoms with van der Waals surface area (Å²) in [6.07, 6.45) is 2.37. The number of carbonyl (C=O) groups excluding carboxylic acids is 1. The van der Waals surface area contributed by atoms with Gasteiger partial charge in [0.25, 0.3) is 5.91 Å². The second-order valence-electron chi connectivity index (χ2n) is 4.85. The Hall–Kier alpha value is -1.69. The van der Waals surface area contributed by atoms with Crippen LogP contribution in [0.5, 0.6) is 0 Å². The van der Waals surface area contributed by atoms with Gasteiger partial charge in [-0.3, -0.25) is 4.79 Å². The third-order valence-electron chi connectivity index (χ3n) is 3.04. The van der Waals surface area contributed by atoms with E-state index in [1.807, 2.05) is 14.1 Å². The number of hydrogen-bond donors (Lipinski definition) is 1. The average molecular weight is 279 g/mol. The van der Waals surface area contributed by atoms with E-state index in [1.54, 1.807) is 6.07 Å². The highest BCUT2D eigenvalue weighted by atomic mass is 16.1. The van der Waals surface area contributed by atoms with Gasteiger partial charge in [-0.1, -0.05) is 0 Å². The largest absolute Gasteiger partial charge is 0.357 e. The molecule has 0 bridgehead atoms. The summed E-state index contributed by atoms with van der Waals surface area (Å²) in [6, 6.07) is 1.74. The second kappa shape index (κ2) is 8.47. The monoisotopic (exact) mass is 279 g/mol. The number of amides is 1. The molecule has 1 N–H and O–H groups in total. The first-order valence-corrected chi connectivity index (χ1v) is 7.08. The molecular formula is C14H25N5O. The minimum absolute atomic E-state index is 0.139. The Morgan fingerprint density at radius 3 is 2.55 bits per heavy atom. The molecule has 0 atom stereocenters. The second-order valence-corrected chi connectivity index (χ2v) is 4.85. The van der Waals surface area contributed by atoms with E-state index >= 15 is 0 Å². The Labute approximate surface area is 121 Å². The number of nitrogens with one attached hydrogen (secondary N) is 1. The van der Waals surface area contributed by atoms with Crippen molar-refractivity contribution in [3.63, 3.8) is 0 Å². The number of hydrogen-bond acceptors (Lipinski definition) is 5. The lowest BCUT2D eigenvalue weighted by atomic mass is 10.3. The standard InChI is InChI=1S/C14H25N5O/c1-5-19(6-2)13-10-12(16-11-17-13)14(20)15-8-7-9-18(3)4/h10-11H,5-9H2,1-4H3,(H,15,20). The Balaban J connectivity index is 2.58. The summed E-state index contributed by atoms with van der Waals surface area (Å²) in [5.41, 5.74) is 0.423. The van der Waals surface area contributed by atoms with Gasteiger partial charge in [-0.15, -0.1) is 0 Å². The van der Waals surface area contributed by atoms with E-state index in [4.69, 9.17) is 0 Å². The van der Waals surface area contributed by atoms with Crippen LogP contribution in [0.4, 0.5) is 5.82 Å². The predicted octanol–water partition coefficient (Wildman–Crippen LogP) is 1.00. The van der Waals surface area contributed by atoms with E-state index in [0.717, 1.165) is 31.9 Å². The number of carbonyl (C=O) groups is 1. The van der Waals surface area contributed by atoms with E-state index in [9.17, 15) is 4.79 Å². The lowest BCUT2D eigenvalue weighted by Gasteiger charge is -2.19. The molecule has 20 heavy (non-hydrogen) atoms. The van der Waals surface area contributed by atoms with Crippen molar-refractivity contribution in [1.29, 1.82) is 0 Å². The van der Waals surface area contributed by atoms with Crippen LogP contribution < -0.4 is 10.2 Å². The van der Waals surface area contributed by atoms with Gasteiger partial charge in [-0.25, -0.2) is 9.97 Å². The van der Waals surface area contributed by atoms with E-state index in [-0.39, 0.29) is 5.91 Å². The third kappa shape index (κ3) is 5.13. The summed E-state index contributed by atoms with van der Waals surface area (Å²) >= 11 is 0. The first-order valence-electron chi connectivity index (χ1n) is 7.08. The number of aromatic nitrogens is 2. The smallest absolute Gasteiger partial charge is 0.270 e. The van der Waals surface area contributed by atoms with Gasteiger partial charge < -0.3 is 15.1 Å². The van der Waals surface area contributed by atoms with E-state index in [1.165, 1.54) is 6.33 Å². The van der Waals surface area contributed by atoms with Gasteiger partial charge in [0.1, 0.15) is 17.8 Å². The minimum Gasteiger partial charge on any atom is -0.357 e. The van der Waals surface area contributed by atoms with Gasteiger partial charge in [0.2, 0.25) is 0 Å². The summed E-state index contributed by atoms with van der Waals surface area (Å²) in [5.74, 6) is 0.656. The molecular weight excluding hydrogens is 254 g/mol. The maximum atomic E-state index is 12.0. The summed E-state index contributed by atoms with van der Waals surface area (Å²) < 4.78 is 0. The Morgan fingerprint density at radius 1 is 1.25 bits per heavy atom. The highest BCUT2D eigenvalue weighted by Crippen LogP contribution is 2.10. The first-order chi connectivity index (χ1) is 9.58. The molecule has 0 aliphatic rings. The van der Waals surface area contributed by atoms with Gasteiger partial charge in [0.05, 0.1) is 0 Å². The normalized spacial score (nSPS) is 10.7. The lowest BCUT2D eigenvalue weighted by molar-refractivity contribution is 0.0947. The molecule has 0 unspecified atom stereocenters. The molecule has 0 spiro atoms. The Kier molecular flexibility index (Phi) is 6.93. The number of anilines is 1. The van der Waals surface area contributed by atoms with E-state index in [0.29, 0.717) is 12.2 Å². The van der Waals surface area contributed by atoms with E-state index < -0.39 is 0 Å². The van der Waals surface area contributed by atoms with Gasteiger partial charge in [0.15, 0.2) is 0 Å². The zero-order valence-corrected chi connectivity index (χ0v) is 12.9. The van der Waals surface area contributed by atoms with Gasteiger partial charge >= 0.3 is 0 Å². The number of rotatable bonds is 8. The van der Waals surface area contributed by atoms with Crippen LogP contribution in [0.25, 0.3) is 0 Å². The molecule has 0 saturated heterocycles. The van der Waals surface area contributed by atoms with Crippen LogP contribution in [-0.2, 0) is 0 Å². The zero-order chi connectivity index (χ0) is 15.0. The molecule has 1 amide bonds. The first kappa shape index (κ1) is 16.4. The molecule has 1 rings (SSSR count). The van der Waals surface area contributed by atoms with Crippen molar-refractivity contribution >= 4 is 11.7 Å². The third-order valence-corrected chi connectivity index (χ3v) is 3.04. The topological polar surface area (TPSA) is 61.4 Å². The van der Waals surface area contributed by atoms with Gasteiger partial charge in [-0.05, 0) is 40.9 Å². The maximum absolute atomic E-state index is 12.0. The molecule has 0 saturated carbocycles. The fourth-order valence-electron chi connectivity index (χ4n) is 1.88.